The van der Waals surface area contributed by atoms with Gasteiger partial charge < -0.3 is 19.4 Å². The molecular formula is C16H18ClN3O3. The van der Waals surface area contributed by atoms with Crippen LogP contribution >= 0.6 is 11.6 Å². The first kappa shape index (κ1) is 16.0. The molecule has 0 unspecified atom stereocenters. The van der Waals surface area contributed by atoms with Gasteiger partial charge in [-0.25, -0.2) is 4.98 Å². The smallest absolute Gasteiger partial charge is 0.246 e. The molecular weight excluding hydrogens is 318 g/mol. The Bertz CT molecular complexity index is 684. The molecule has 1 N–H and O–H groups in total. The van der Waals surface area contributed by atoms with Gasteiger partial charge in [0.25, 0.3) is 0 Å². The third-order valence-electron chi connectivity index (χ3n) is 3.71. The molecule has 2 heterocycles. The molecule has 6 nitrogen and oxygen atoms in total. The highest BCUT2D eigenvalue weighted by atomic mass is 35.5. The van der Waals surface area contributed by atoms with Crippen molar-refractivity contribution in [3.8, 4) is 11.3 Å². The van der Waals surface area contributed by atoms with E-state index in [-0.39, 0.29) is 18.6 Å². The summed E-state index contributed by atoms with van der Waals surface area (Å²) in [6.07, 6.45) is 1.75. The average molecular weight is 336 g/mol. The zero-order valence-corrected chi connectivity index (χ0v) is 13.5. The molecule has 2 aromatic rings. The zero-order valence-electron chi connectivity index (χ0n) is 12.8. The lowest BCUT2D eigenvalue weighted by Gasteiger charge is -2.26. The van der Waals surface area contributed by atoms with E-state index in [0.29, 0.717) is 24.7 Å². The van der Waals surface area contributed by atoms with Crippen LogP contribution in [0.2, 0.25) is 5.02 Å². The van der Waals surface area contributed by atoms with Gasteiger partial charge in [0.1, 0.15) is 19.0 Å². The van der Waals surface area contributed by atoms with E-state index in [1.54, 1.807) is 0 Å². The van der Waals surface area contributed by atoms with Crippen LogP contribution in [0.15, 0.2) is 30.5 Å². The van der Waals surface area contributed by atoms with Gasteiger partial charge >= 0.3 is 0 Å². The maximum Gasteiger partial charge on any atom is 0.246 e. The van der Waals surface area contributed by atoms with Crippen molar-refractivity contribution in [3.63, 3.8) is 0 Å². The van der Waals surface area contributed by atoms with E-state index in [4.69, 9.17) is 21.1 Å². The first-order valence-corrected chi connectivity index (χ1v) is 7.72. The SMILES string of the molecule is COCC(=O)NC[C@H]1Cn2c(-c3ccc(Cl)cc3)cnc2CO1. The van der Waals surface area contributed by atoms with Crippen molar-refractivity contribution in [2.45, 2.75) is 19.3 Å². The number of carbonyl (C=O) groups excluding carboxylic acids is 1. The molecule has 0 saturated heterocycles. The standard InChI is InChI=1S/C16H18ClN3O3/c1-22-10-16(21)19-6-13-8-20-14(7-18-15(20)9-23-13)11-2-4-12(17)5-3-11/h2-5,7,13H,6,8-10H2,1H3,(H,19,21)/t13-/m0/s1. The number of amides is 1. The quantitative estimate of drug-likeness (QED) is 0.906. The van der Waals surface area contributed by atoms with Crippen LogP contribution in [0.5, 0.6) is 0 Å². The van der Waals surface area contributed by atoms with E-state index >= 15 is 0 Å². The first-order chi connectivity index (χ1) is 11.2. The Balaban J connectivity index is 1.71. The molecule has 1 aromatic heterocycles. The van der Waals surface area contributed by atoms with Crippen LogP contribution in [0.1, 0.15) is 5.82 Å². The van der Waals surface area contributed by atoms with E-state index in [1.165, 1.54) is 7.11 Å². The molecule has 1 aliphatic heterocycles. The number of methoxy groups -OCH3 is 1. The summed E-state index contributed by atoms with van der Waals surface area (Å²) in [7, 11) is 1.49. The minimum absolute atomic E-state index is 0.0546. The van der Waals surface area contributed by atoms with Crippen LogP contribution in [0.25, 0.3) is 11.3 Å². The molecule has 23 heavy (non-hydrogen) atoms. The van der Waals surface area contributed by atoms with Crippen LogP contribution in [-0.2, 0) is 27.4 Å². The molecule has 1 atom stereocenters. The van der Waals surface area contributed by atoms with Crippen molar-refractivity contribution in [3.05, 3.63) is 41.3 Å². The summed E-state index contributed by atoms with van der Waals surface area (Å²) >= 11 is 5.94. The molecule has 0 fully saturated rings. The predicted molar refractivity (Wildman–Crippen MR) is 86.1 cm³/mol. The minimum atomic E-state index is -0.148. The second-order valence-corrected chi connectivity index (χ2v) is 5.78. The molecule has 3 rings (SSSR count). The van der Waals surface area contributed by atoms with E-state index in [9.17, 15) is 4.79 Å². The van der Waals surface area contributed by atoms with Crippen LogP contribution in [0.4, 0.5) is 0 Å². The Morgan fingerprint density at radius 3 is 3.00 bits per heavy atom. The lowest BCUT2D eigenvalue weighted by molar-refractivity contribution is -0.125. The van der Waals surface area contributed by atoms with Crippen molar-refractivity contribution in [2.75, 3.05) is 20.3 Å². The number of benzene rings is 1. The van der Waals surface area contributed by atoms with Crippen molar-refractivity contribution in [1.29, 1.82) is 0 Å². The third kappa shape index (κ3) is 3.72. The summed E-state index contributed by atoms with van der Waals surface area (Å²) in [5.74, 6) is 0.736. The van der Waals surface area contributed by atoms with Gasteiger partial charge in [0.15, 0.2) is 0 Å². The van der Waals surface area contributed by atoms with Gasteiger partial charge in [-0.1, -0.05) is 23.7 Å². The molecule has 0 saturated carbocycles. The summed E-state index contributed by atoms with van der Waals surface area (Å²) in [4.78, 5) is 15.9. The molecule has 0 spiro atoms. The number of nitrogens with zero attached hydrogens (tertiary/aromatic N) is 2. The van der Waals surface area contributed by atoms with Crippen LogP contribution < -0.4 is 5.32 Å². The number of ether oxygens (including phenoxy) is 2. The molecule has 7 heteroatoms. The lowest BCUT2D eigenvalue weighted by Crippen LogP contribution is -2.40. The van der Waals surface area contributed by atoms with Crippen molar-refractivity contribution in [1.82, 2.24) is 14.9 Å². The van der Waals surface area contributed by atoms with Crippen molar-refractivity contribution in [2.24, 2.45) is 0 Å². The Morgan fingerprint density at radius 2 is 2.26 bits per heavy atom. The highest BCUT2D eigenvalue weighted by molar-refractivity contribution is 6.30. The van der Waals surface area contributed by atoms with Gasteiger partial charge in [0, 0.05) is 18.7 Å². The number of hydrogen-bond donors (Lipinski definition) is 1. The summed E-state index contributed by atoms with van der Waals surface area (Å²) in [6.45, 7) is 1.57. The Labute approximate surface area is 139 Å². The first-order valence-electron chi connectivity index (χ1n) is 7.35. The number of aromatic nitrogens is 2. The number of carbonyl (C=O) groups is 1. The van der Waals surface area contributed by atoms with Gasteiger partial charge in [-0.3, -0.25) is 4.79 Å². The van der Waals surface area contributed by atoms with E-state index in [1.807, 2.05) is 30.5 Å². The second kappa shape index (κ2) is 7.12. The Morgan fingerprint density at radius 1 is 1.48 bits per heavy atom. The number of fused-ring (bicyclic) bond motifs is 1. The maximum absolute atomic E-state index is 11.5. The molecule has 1 amide bonds. The maximum atomic E-state index is 11.5. The lowest BCUT2D eigenvalue weighted by atomic mass is 10.1. The summed E-state index contributed by atoms with van der Waals surface area (Å²) in [5, 5.41) is 3.51. The summed E-state index contributed by atoms with van der Waals surface area (Å²) in [5.41, 5.74) is 2.07. The highest BCUT2D eigenvalue weighted by Crippen LogP contribution is 2.25. The monoisotopic (exact) mass is 335 g/mol. The molecule has 0 aliphatic carbocycles. The van der Waals surface area contributed by atoms with Crippen LogP contribution in [0.3, 0.4) is 0 Å². The predicted octanol–water partition coefficient (Wildman–Crippen LogP) is 1.86. The topological polar surface area (TPSA) is 65.4 Å². The third-order valence-corrected chi connectivity index (χ3v) is 3.97. The summed E-state index contributed by atoms with van der Waals surface area (Å²) < 4.78 is 12.7. The number of nitrogens with one attached hydrogen (secondary N) is 1. The summed E-state index contributed by atoms with van der Waals surface area (Å²) in [6, 6.07) is 7.66. The van der Waals surface area contributed by atoms with Crippen molar-refractivity contribution < 1.29 is 14.3 Å². The fourth-order valence-electron chi connectivity index (χ4n) is 2.57. The van der Waals surface area contributed by atoms with Gasteiger partial charge in [0.2, 0.25) is 5.91 Å². The van der Waals surface area contributed by atoms with Crippen molar-refractivity contribution >= 4 is 17.5 Å². The fraction of sp³-hybridized carbons (Fsp3) is 0.375. The number of halogens is 1. The van der Waals surface area contributed by atoms with Gasteiger partial charge in [-0.05, 0) is 17.7 Å². The van der Waals surface area contributed by atoms with E-state index < -0.39 is 0 Å². The van der Waals surface area contributed by atoms with E-state index in [2.05, 4.69) is 14.9 Å². The number of hydrogen-bond acceptors (Lipinski definition) is 4. The van der Waals surface area contributed by atoms with E-state index in [0.717, 1.165) is 17.1 Å². The molecule has 0 radical (unpaired) electrons. The normalized spacial score (nSPS) is 16.9. The minimum Gasteiger partial charge on any atom is -0.375 e. The van der Waals surface area contributed by atoms with Crippen LogP contribution in [0, 0.1) is 0 Å². The largest absolute Gasteiger partial charge is 0.375 e. The molecule has 1 aliphatic rings. The van der Waals surface area contributed by atoms with Gasteiger partial charge in [-0.2, -0.15) is 0 Å². The van der Waals surface area contributed by atoms with Gasteiger partial charge in [0.05, 0.1) is 24.5 Å². The molecule has 122 valence electrons. The fourth-order valence-corrected chi connectivity index (χ4v) is 2.69. The molecule has 0 bridgehead atoms. The second-order valence-electron chi connectivity index (χ2n) is 5.35. The number of imidazole rings is 1. The zero-order chi connectivity index (χ0) is 16.2. The Kier molecular flexibility index (Phi) is 4.95. The van der Waals surface area contributed by atoms with Crippen LogP contribution in [-0.4, -0.2) is 41.8 Å². The molecule has 1 aromatic carbocycles. The number of rotatable bonds is 5. The Hall–Kier alpha value is -1.89. The highest BCUT2D eigenvalue weighted by Gasteiger charge is 2.23. The average Bonchev–Trinajstić information content (AvgIpc) is 2.97. The van der Waals surface area contributed by atoms with Gasteiger partial charge in [-0.15, -0.1) is 0 Å².